The van der Waals surface area contributed by atoms with Crippen molar-refractivity contribution in [1.82, 2.24) is 4.90 Å². The molecule has 0 spiro atoms. The SMILES string of the molecule is CCCCCN(CC(C)(O)c1ccccc1)C(C)C. The van der Waals surface area contributed by atoms with Crippen LogP contribution in [-0.2, 0) is 5.60 Å². The Bertz CT molecular complexity index is 346. The highest BCUT2D eigenvalue weighted by molar-refractivity contribution is 5.21. The summed E-state index contributed by atoms with van der Waals surface area (Å²) in [5.41, 5.74) is 0.216. The zero-order chi connectivity index (χ0) is 14.3. The summed E-state index contributed by atoms with van der Waals surface area (Å²) in [5.74, 6) is 0. The van der Waals surface area contributed by atoms with Crippen LogP contribution in [0.2, 0.25) is 0 Å². The van der Waals surface area contributed by atoms with Gasteiger partial charge in [0.15, 0.2) is 0 Å². The molecule has 2 nitrogen and oxygen atoms in total. The van der Waals surface area contributed by atoms with Crippen LogP contribution in [0.25, 0.3) is 0 Å². The molecule has 0 aliphatic rings. The Kier molecular flexibility index (Phi) is 6.53. The van der Waals surface area contributed by atoms with E-state index in [1.54, 1.807) is 0 Å². The van der Waals surface area contributed by atoms with Crippen molar-refractivity contribution in [3.05, 3.63) is 35.9 Å². The molecule has 2 heteroatoms. The number of benzene rings is 1. The van der Waals surface area contributed by atoms with Crippen LogP contribution in [-0.4, -0.2) is 29.1 Å². The van der Waals surface area contributed by atoms with Crippen molar-refractivity contribution < 1.29 is 5.11 Å². The fourth-order valence-corrected chi connectivity index (χ4v) is 2.37. The van der Waals surface area contributed by atoms with Crippen molar-refractivity contribution in [3.63, 3.8) is 0 Å². The van der Waals surface area contributed by atoms with Crippen LogP contribution in [0.3, 0.4) is 0 Å². The van der Waals surface area contributed by atoms with E-state index in [2.05, 4.69) is 25.7 Å². The lowest BCUT2D eigenvalue weighted by Gasteiger charge is -2.34. The highest BCUT2D eigenvalue weighted by atomic mass is 16.3. The van der Waals surface area contributed by atoms with Crippen molar-refractivity contribution in [1.29, 1.82) is 0 Å². The summed E-state index contributed by atoms with van der Waals surface area (Å²) in [5, 5.41) is 10.7. The van der Waals surface area contributed by atoms with Gasteiger partial charge in [-0.2, -0.15) is 0 Å². The van der Waals surface area contributed by atoms with Gasteiger partial charge >= 0.3 is 0 Å². The molecule has 1 rings (SSSR count). The van der Waals surface area contributed by atoms with E-state index in [1.807, 2.05) is 37.3 Å². The Morgan fingerprint density at radius 2 is 1.79 bits per heavy atom. The summed E-state index contributed by atoms with van der Waals surface area (Å²) in [4.78, 5) is 2.38. The number of hydrogen-bond acceptors (Lipinski definition) is 2. The molecule has 0 fully saturated rings. The highest BCUT2D eigenvalue weighted by Gasteiger charge is 2.26. The minimum absolute atomic E-state index is 0.465. The second-order valence-corrected chi connectivity index (χ2v) is 5.91. The predicted molar refractivity (Wildman–Crippen MR) is 82.2 cm³/mol. The van der Waals surface area contributed by atoms with Crippen molar-refractivity contribution in [2.75, 3.05) is 13.1 Å². The van der Waals surface area contributed by atoms with Crippen molar-refractivity contribution in [2.45, 2.75) is 58.6 Å². The summed E-state index contributed by atoms with van der Waals surface area (Å²) in [6.45, 7) is 10.3. The van der Waals surface area contributed by atoms with Crippen molar-refractivity contribution in [3.8, 4) is 0 Å². The van der Waals surface area contributed by atoms with Gasteiger partial charge in [0, 0.05) is 12.6 Å². The Morgan fingerprint density at radius 1 is 1.16 bits per heavy atom. The van der Waals surface area contributed by atoms with Gasteiger partial charge in [-0.1, -0.05) is 50.1 Å². The number of unbranched alkanes of at least 4 members (excludes halogenated alkanes) is 2. The van der Waals surface area contributed by atoms with Gasteiger partial charge in [-0.25, -0.2) is 0 Å². The molecule has 0 aromatic heterocycles. The molecule has 1 atom stereocenters. The fourth-order valence-electron chi connectivity index (χ4n) is 2.37. The molecule has 0 aliphatic carbocycles. The smallest absolute Gasteiger partial charge is 0.0994 e. The van der Waals surface area contributed by atoms with Crippen molar-refractivity contribution in [2.24, 2.45) is 0 Å². The zero-order valence-electron chi connectivity index (χ0n) is 12.9. The van der Waals surface area contributed by atoms with Gasteiger partial charge in [0.25, 0.3) is 0 Å². The van der Waals surface area contributed by atoms with Crippen LogP contribution in [0.4, 0.5) is 0 Å². The maximum atomic E-state index is 10.7. The third kappa shape index (κ3) is 5.33. The average molecular weight is 263 g/mol. The average Bonchev–Trinajstić information content (AvgIpc) is 2.38. The lowest BCUT2D eigenvalue weighted by molar-refractivity contribution is 0.00582. The topological polar surface area (TPSA) is 23.5 Å². The standard InChI is InChI=1S/C17H29NO/c1-5-6-10-13-18(15(2)3)14-17(4,19)16-11-8-7-9-12-16/h7-9,11-12,15,19H,5-6,10,13-14H2,1-4H3. The Balaban J connectivity index is 2.67. The summed E-state index contributed by atoms with van der Waals surface area (Å²) >= 11 is 0. The first-order chi connectivity index (χ1) is 8.97. The molecular weight excluding hydrogens is 234 g/mol. The number of aliphatic hydroxyl groups is 1. The van der Waals surface area contributed by atoms with Gasteiger partial charge in [-0.05, 0) is 39.3 Å². The van der Waals surface area contributed by atoms with Gasteiger partial charge in [0.2, 0.25) is 0 Å². The van der Waals surface area contributed by atoms with Crippen LogP contribution in [0.15, 0.2) is 30.3 Å². The molecule has 0 bridgehead atoms. The van der Waals surface area contributed by atoms with Crippen LogP contribution >= 0.6 is 0 Å². The molecule has 1 unspecified atom stereocenters. The minimum Gasteiger partial charge on any atom is -0.384 e. The van der Waals surface area contributed by atoms with E-state index in [0.29, 0.717) is 12.6 Å². The summed E-state index contributed by atoms with van der Waals surface area (Å²) in [6, 6.07) is 10.4. The second kappa shape index (κ2) is 7.66. The van der Waals surface area contributed by atoms with E-state index in [4.69, 9.17) is 0 Å². The monoisotopic (exact) mass is 263 g/mol. The molecule has 1 aromatic carbocycles. The zero-order valence-corrected chi connectivity index (χ0v) is 12.9. The molecule has 1 aromatic rings. The van der Waals surface area contributed by atoms with Gasteiger partial charge in [-0.15, -0.1) is 0 Å². The quantitative estimate of drug-likeness (QED) is 0.721. The van der Waals surface area contributed by atoms with Gasteiger partial charge < -0.3 is 5.11 Å². The molecule has 0 saturated carbocycles. The molecule has 108 valence electrons. The van der Waals surface area contributed by atoms with E-state index < -0.39 is 5.60 Å². The van der Waals surface area contributed by atoms with E-state index in [-0.39, 0.29) is 0 Å². The lowest BCUT2D eigenvalue weighted by atomic mass is 9.95. The first-order valence-electron chi connectivity index (χ1n) is 7.49. The van der Waals surface area contributed by atoms with Gasteiger partial charge in [0.1, 0.15) is 0 Å². The lowest BCUT2D eigenvalue weighted by Crippen LogP contribution is -2.43. The second-order valence-electron chi connectivity index (χ2n) is 5.91. The third-order valence-corrected chi connectivity index (χ3v) is 3.69. The molecular formula is C17H29NO. The first kappa shape index (κ1) is 16.2. The van der Waals surface area contributed by atoms with Crippen LogP contribution in [0.5, 0.6) is 0 Å². The van der Waals surface area contributed by atoms with E-state index in [0.717, 1.165) is 12.1 Å². The Hall–Kier alpha value is -0.860. The van der Waals surface area contributed by atoms with Crippen LogP contribution in [0, 0.1) is 0 Å². The Labute approximate surface area is 118 Å². The number of hydrogen-bond donors (Lipinski definition) is 1. The predicted octanol–water partition coefficient (Wildman–Crippen LogP) is 3.79. The maximum absolute atomic E-state index is 10.7. The van der Waals surface area contributed by atoms with Gasteiger partial charge in [-0.3, -0.25) is 4.90 Å². The summed E-state index contributed by atoms with van der Waals surface area (Å²) in [7, 11) is 0. The number of rotatable bonds is 8. The maximum Gasteiger partial charge on any atom is 0.0994 e. The highest BCUT2D eigenvalue weighted by Crippen LogP contribution is 2.22. The molecule has 1 N–H and O–H groups in total. The first-order valence-corrected chi connectivity index (χ1v) is 7.49. The molecule has 0 amide bonds. The Morgan fingerprint density at radius 3 is 2.32 bits per heavy atom. The molecule has 0 aliphatic heterocycles. The van der Waals surface area contributed by atoms with Crippen molar-refractivity contribution >= 4 is 0 Å². The van der Waals surface area contributed by atoms with Crippen LogP contribution < -0.4 is 0 Å². The largest absolute Gasteiger partial charge is 0.384 e. The molecule has 0 radical (unpaired) electrons. The third-order valence-electron chi connectivity index (χ3n) is 3.69. The molecule has 0 heterocycles. The van der Waals surface area contributed by atoms with E-state index in [9.17, 15) is 5.11 Å². The normalized spacial score (nSPS) is 14.9. The number of nitrogens with zero attached hydrogens (tertiary/aromatic N) is 1. The fraction of sp³-hybridized carbons (Fsp3) is 0.647. The minimum atomic E-state index is -0.780. The van der Waals surface area contributed by atoms with E-state index in [1.165, 1.54) is 19.3 Å². The van der Waals surface area contributed by atoms with Gasteiger partial charge in [0.05, 0.1) is 5.60 Å². The van der Waals surface area contributed by atoms with Crippen LogP contribution in [0.1, 0.15) is 52.5 Å². The van der Waals surface area contributed by atoms with E-state index >= 15 is 0 Å². The molecule has 19 heavy (non-hydrogen) atoms. The summed E-state index contributed by atoms with van der Waals surface area (Å²) < 4.78 is 0. The summed E-state index contributed by atoms with van der Waals surface area (Å²) in [6.07, 6.45) is 3.71. The molecule has 0 saturated heterocycles.